The molecule has 1 heterocycles. The van der Waals surface area contributed by atoms with Gasteiger partial charge in [0.05, 0.1) is 32.8 Å². The van der Waals surface area contributed by atoms with E-state index < -0.39 is 23.0 Å². The summed E-state index contributed by atoms with van der Waals surface area (Å²) in [6.45, 7) is -0.308. The van der Waals surface area contributed by atoms with Crippen molar-refractivity contribution in [1.29, 1.82) is 0 Å². The monoisotopic (exact) mass is 533 g/mol. The van der Waals surface area contributed by atoms with Crippen LogP contribution in [0.3, 0.4) is 0 Å². The summed E-state index contributed by atoms with van der Waals surface area (Å²) >= 11 is 6.92. The average Bonchev–Trinajstić information content (AvgIpc) is 3.14. The van der Waals surface area contributed by atoms with Crippen LogP contribution in [0.1, 0.15) is 15.9 Å². The van der Waals surface area contributed by atoms with Crippen molar-refractivity contribution in [3.05, 3.63) is 57.5 Å². The number of carbonyl (C=O) groups is 4. The molecule has 0 bridgehead atoms. The molecule has 1 aliphatic rings. The third-order valence-corrected chi connectivity index (χ3v) is 6.31. The summed E-state index contributed by atoms with van der Waals surface area (Å²) in [7, 11) is 4.30. The number of nitrogens with zero attached hydrogens (tertiary/aromatic N) is 1. The van der Waals surface area contributed by atoms with Crippen molar-refractivity contribution in [2.75, 3.05) is 41.0 Å². The van der Waals surface area contributed by atoms with Gasteiger partial charge in [-0.1, -0.05) is 29.8 Å². The Morgan fingerprint density at radius 2 is 1.69 bits per heavy atom. The molecule has 0 unspecified atom stereocenters. The van der Waals surface area contributed by atoms with Crippen molar-refractivity contribution in [2.45, 2.75) is 0 Å². The Bertz CT molecular complexity index is 1190. The van der Waals surface area contributed by atoms with Gasteiger partial charge in [0.2, 0.25) is 11.7 Å². The summed E-state index contributed by atoms with van der Waals surface area (Å²) in [6, 6.07) is 9.89. The van der Waals surface area contributed by atoms with Gasteiger partial charge in [-0.25, -0.2) is 0 Å². The van der Waals surface area contributed by atoms with Gasteiger partial charge in [-0.2, -0.15) is 0 Å². The number of hydrogen-bond acceptors (Lipinski definition) is 8. The van der Waals surface area contributed by atoms with Crippen molar-refractivity contribution >= 4 is 52.4 Å². The minimum absolute atomic E-state index is 0.0168. The maximum atomic E-state index is 12.6. The van der Waals surface area contributed by atoms with E-state index in [-0.39, 0.29) is 30.1 Å². The zero-order valence-electron chi connectivity index (χ0n) is 19.8. The molecule has 0 aliphatic carbocycles. The smallest absolute Gasteiger partial charge is 0.293 e. The Hall–Kier alpha value is -3.70. The molecule has 190 valence electrons. The van der Waals surface area contributed by atoms with Crippen LogP contribution in [0.5, 0.6) is 17.2 Å². The van der Waals surface area contributed by atoms with E-state index in [1.807, 2.05) is 0 Å². The molecule has 2 aromatic carbocycles. The van der Waals surface area contributed by atoms with Crippen LogP contribution in [0.25, 0.3) is 6.08 Å². The number of carbonyl (C=O) groups excluding carboxylic acids is 4. The minimum atomic E-state index is -0.528. The van der Waals surface area contributed by atoms with Gasteiger partial charge in [0.1, 0.15) is 0 Å². The highest BCUT2D eigenvalue weighted by Crippen LogP contribution is 2.38. The largest absolute Gasteiger partial charge is 0.493 e. The fourth-order valence-corrected chi connectivity index (χ4v) is 4.32. The van der Waals surface area contributed by atoms with Crippen LogP contribution in [0.15, 0.2) is 41.3 Å². The van der Waals surface area contributed by atoms with Gasteiger partial charge in [-0.05, 0) is 41.6 Å². The summed E-state index contributed by atoms with van der Waals surface area (Å²) in [5.41, 5.74) is 0.834. The third kappa shape index (κ3) is 6.29. The molecule has 10 nitrogen and oxygen atoms in total. The Morgan fingerprint density at radius 1 is 1.03 bits per heavy atom. The molecule has 1 aliphatic heterocycles. The second kappa shape index (κ2) is 12.3. The first kappa shape index (κ1) is 26.9. The van der Waals surface area contributed by atoms with Crippen LogP contribution in [0.2, 0.25) is 5.02 Å². The van der Waals surface area contributed by atoms with E-state index in [1.165, 1.54) is 33.5 Å². The first-order chi connectivity index (χ1) is 17.3. The highest BCUT2D eigenvalue weighted by molar-refractivity contribution is 8.18. The lowest BCUT2D eigenvalue weighted by molar-refractivity contribution is -0.124. The number of methoxy groups -OCH3 is 3. The summed E-state index contributed by atoms with van der Waals surface area (Å²) in [5.74, 6) is -0.549. The van der Waals surface area contributed by atoms with E-state index in [0.717, 1.165) is 16.7 Å². The van der Waals surface area contributed by atoms with E-state index >= 15 is 0 Å². The van der Waals surface area contributed by atoms with Gasteiger partial charge in [-0.3, -0.25) is 24.1 Å². The Kier molecular flexibility index (Phi) is 9.20. The Balaban J connectivity index is 1.51. The molecule has 36 heavy (non-hydrogen) atoms. The SMILES string of the molecule is COc1cc(C(=O)NCC(=O)NCCN2C(=O)S/C(=C\c3ccccc3Cl)C2=O)cc(OC)c1OC. The van der Waals surface area contributed by atoms with Crippen LogP contribution in [0.4, 0.5) is 4.79 Å². The van der Waals surface area contributed by atoms with Gasteiger partial charge in [-0.15, -0.1) is 0 Å². The number of rotatable bonds is 10. The molecule has 1 saturated heterocycles. The first-order valence-electron chi connectivity index (χ1n) is 10.6. The fraction of sp³-hybridized carbons (Fsp3) is 0.250. The highest BCUT2D eigenvalue weighted by Gasteiger charge is 2.34. The van der Waals surface area contributed by atoms with Crippen molar-refractivity contribution in [3.63, 3.8) is 0 Å². The van der Waals surface area contributed by atoms with Crippen molar-refractivity contribution in [3.8, 4) is 17.2 Å². The minimum Gasteiger partial charge on any atom is -0.493 e. The van der Waals surface area contributed by atoms with Gasteiger partial charge in [0.15, 0.2) is 11.5 Å². The maximum absolute atomic E-state index is 12.6. The highest BCUT2D eigenvalue weighted by atomic mass is 35.5. The van der Waals surface area contributed by atoms with E-state index in [0.29, 0.717) is 27.8 Å². The summed E-state index contributed by atoms with van der Waals surface area (Å²) in [4.78, 5) is 50.9. The number of nitrogens with one attached hydrogen (secondary N) is 2. The lowest BCUT2D eigenvalue weighted by Gasteiger charge is -2.14. The molecule has 0 saturated carbocycles. The Morgan fingerprint density at radius 3 is 2.31 bits per heavy atom. The molecule has 0 atom stereocenters. The van der Waals surface area contributed by atoms with Gasteiger partial charge >= 0.3 is 0 Å². The van der Waals surface area contributed by atoms with Crippen LogP contribution >= 0.6 is 23.4 Å². The van der Waals surface area contributed by atoms with Gasteiger partial charge < -0.3 is 24.8 Å². The third-order valence-electron chi connectivity index (χ3n) is 5.06. The van der Waals surface area contributed by atoms with Crippen molar-refractivity contribution in [2.24, 2.45) is 0 Å². The van der Waals surface area contributed by atoms with Crippen molar-refractivity contribution < 1.29 is 33.4 Å². The molecule has 0 radical (unpaired) electrons. The molecule has 2 aromatic rings. The van der Waals surface area contributed by atoms with Crippen LogP contribution in [-0.4, -0.2) is 68.8 Å². The molecule has 2 N–H and O–H groups in total. The molecule has 1 fully saturated rings. The van der Waals surface area contributed by atoms with E-state index in [1.54, 1.807) is 30.3 Å². The normalized spacial score (nSPS) is 14.1. The summed E-state index contributed by atoms with van der Waals surface area (Å²) in [6.07, 6.45) is 1.56. The van der Waals surface area contributed by atoms with Crippen LogP contribution < -0.4 is 24.8 Å². The number of hydrogen-bond donors (Lipinski definition) is 2. The number of halogens is 1. The number of thioether (sulfide) groups is 1. The van der Waals surface area contributed by atoms with Crippen molar-refractivity contribution in [1.82, 2.24) is 15.5 Å². The lowest BCUT2D eigenvalue weighted by atomic mass is 10.1. The first-order valence-corrected chi connectivity index (χ1v) is 11.8. The van der Waals surface area contributed by atoms with Gasteiger partial charge in [0, 0.05) is 23.7 Å². The van der Waals surface area contributed by atoms with E-state index in [4.69, 9.17) is 25.8 Å². The Labute approximate surface area is 216 Å². The quantitative estimate of drug-likeness (QED) is 0.447. The topological polar surface area (TPSA) is 123 Å². The lowest BCUT2D eigenvalue weighted by Crippen LogP contribution is -2.41. The molecule has 12 heteroatoms. The molecular weight excluding hydrogens is 510 g/mol. The predicted molar refractivity (Wildman–Crippen MR) is 136 cm³/mol. The second-order valence-electron chi connectivity index (χ2n) is 7.30. The molecule has 3 rings (SSSR count). The predicted octanol–water partition coefficient (Wildman–Crippen LogP) is 2.95. The summed E-state index contributed by atoms with van der Waals surface area (Å²) < 4.78 is 15.7. The van der Waals surface area contributed by atoms with Crippen LogP contribution in [-0.2, 0) is 9.59 Å². The standard InChI is InChI=1S/C24H24ClN3O7S/c1-33-17-10-15(11-18(34-2)21(17)35-3)22(30)27-13-20(29)26-8-9-28-23(31)19(36-24(28)32)12-14-6-4-5-7-16(14)25/h4-7,10-12H,8-9,13H2,1-3H3,(H,26,29)(H,27,30)/b19-12-. The maximum Gasteiger partial charge on any atom is 0.293 e. The van der Waals surface area contributed by atoms with Crippen LogP contribution in [0, 0.1) is 0 Å². The molecular formula is C24H24ClN3O7S. The number of ether oxygens (including phenoxy) is 3. The molecule has 0 spiro atoms. The number of imide groups is 1. The van der Waals surface area contributed by atoms with E-state index in [9.17, 15) is 19.2 Å². The zero-order valence-corrected chi connectivity index (χ0v) is 21.3. The second-order valence-corrected chi connectivity index (χ2v) is 8.70. The summed E-state index contributed by atoms with van der Waals surface area (Å²) in [5, 5.41) is 5.10. The molecule has 4 amide bonds. The van der Waals surface area contributed by atoms with Gasteiger partial charge in [0.25, 0.3) is 17.1 Å². The number of benzene rings is 2. The fourth-order valence-electron chi connectivity index (χ4n) is 3.27. The molecule has 0 aromatic heterocycles. The zero-order chi connectivity index (χ0) is 26.2. The van der Waals surface area contributed by atoms with E-state index in [2.05, 4.69) is 10.6 Å². The average molecular weight is 534 g/mol. The number of amides is 4.